The van der Waals surface area contributed by atoms with E-state index in [9.17, 15) is 9.18 Å². The number of hydrogen-bond acceptors (Lipinski definition) is 3. The van der Waals surface area contributed by atoms with Gasteiger partial charge in [0.25, 0.3) is 0 Å². The number of halogens is 2. The Labute approximate surface area is 107 Å². The first-order chi connectivity index (χ1) is 7.69. The van der Waals surface area contributed by atoms with Crippen molar-refractivity contribution in [1.29, 1.82) is 0 Å². The second kappa shape index (κ2) is 4.91. The van der Waals surface area contributed by atoms with Gasteiger partial charge in [0.1, 0.15) is 11.4 Å². The lowest BCUT2D eigenvalue weighted by atomic mass is 10.2. The number of ether oxygens (including phenoxy) is 1. The molecule has 0 heterocycles. The van der Waals surface area contributed by atoms with Crippen molar-refractivity contribution in [2.75, 3.05) is 11.1 Å². The van der Waals surface area contributed by atoms with Crippen molar-refractivity contribution in [3.8, 4) is 0 Å². The van der Waals surface area contributed by atoms with Crippen LogP contribution in [0.3, 0.4) is 0 Å². The SMILES string of the molecule is CC(C)(C)OC(=O)Nc1cc(F)c(N)cc1Br. The van der Waals surface area contributed by atoms with E-state index < -0.39 is 17.5 Å². The summed E-state index contributed by atoms with van der Waals surface area (Å²) in [6, 6.07) is 2.51. The number of carbonyl (C=O) groups is 1. The minimum atomic E-state index is -0.651. The molecule has 1 amide bonds. The second-order valence-corrected chi connectivity index (χ2v) is 5.33. The van der Waals surface area contributed by atoms with E-state index in [-0.39, 0.29) is 11.4 Å². The third-order valence-electron chi connectivity index (χ3n) is 1.72. The molecule has 0 aliphatic heterocycles. The number of nitrogen functional groups attached to an aromatic ring is 1. The van der Waals surface area contributed by atoms with E-state index in [1.165, 1.54) is 6.07 Å². The Kier molecular flexibility index (Phi) is 3.98. The third-order valence-corrected chi connectivity index (χ3v) is 2.38. The van der Waals surface area contributed by atoms with Crippen LogP contribution in [0.25, 0.3) is 0 Å². The van der Waals surface area contributed by atoms with Crippen LogP contribution in [0.4, 0.5) is 20.6 Å². The molecule has 94 valence electrons. The lowest BCUT2D eigenvalue weighted by Crippen LogP contribution is -2.27. The van der Waals surface area contributed by atoms with E-state index in [1.807, 2.05) is 0 Å². The summed E-state index contributed by atoms with van der Waals surface area (Å²) in [6.07, 6.45) is -0.651. The molecule has 0 spiro atoms. The largest absolute Gasteiger partial charge is 0.444 e. The highest BCUT2D eigenvalue weighted by atomic mass is 79.9. The van der Waals surface area contributed by atoms with Crippen LogP contribution in [0.5, 0.6) is 0 Å². The first kappa shape index (κ1) is 13.8. The molecule has 1 aromatic rings. The van der Waals surface area contributed by atoms with E-state index in [1.54, 1.807) is 20.8 Å². The monoisotopic (exact) mass is 304 g/mol. The first-order valence-electron chi connectivity index (χ1n) is 4.93. The van der Waals surface area contributed by atoms with Crippen molar-refractivity contribution < 1.29 is 13.9 Å². The molecule has 6 heteroatoms. The van der Waals surface area contributed by atoms with Gasteiger partial charge in [-0.1, -0.05) is 0 Å². The molecule has 4 nitrogen and oxygen atoms in total. The minimum absolute atomic E-state index is 0.00612. The van der Waals surface area contributed by atoms with Gasteiger partial charge in [0, 0.05) is 10.5 Å². The van der Waals surface area contributed by atoms with Gasteiger partial charge in [-0.15, -0.1) is 0 Å². The summed E-state index contributed by atoms with van der Waals surface area (Å²) in [7, 11) is 0. The smallest absolute Gasteiger partial charge is 0.412 e. The summed E-state index contributed by atoms with van der Waals surface area (Å²) in [6.45, 7) is 5.22. The van der Waals surface area contributed by atoms with Crippen molar-refractivity contribution in [1.82, 2.24) is 0 Å². The standard InChI is InChI=1S/C11H14BrFN2O2/c1-11(2,3)17-10(16)15-9-5-7(13)8(14)4-6(9)12/h4-5H,14H2,1-3H3,(H,15,16). The molecule has 3 N–H and O–H groups in total. The van der Waals surface area contributed by atoms with Crippen molar-refractivity contribution in [2.24, 2.45) is 0 Å². The zero-order valence-electron chi connectivity index (χ0n) is 9.80. The molecular weight excluding hydrogens is 291 g/mol. The molecule has 0 aliphatic rings. The number of anilines is 2. The summed E-state index contributed by atoms with van der Waals surface area (Å²) in [4.78, 5) is 11.5. The van der Waals surface area contributed by atoms with E-state index >= 15 is 0 Å². The molecule has 0 aromatic heterocycles. The second-order valence-electron chi connectivity index (χ2n) is 4.48. The van der Waals surface area contributed by atoms with E-state index in [0.29, 0.717) is 4.47 Å². The molecule has 17 heavy (non-hydrogen) atoms. The molecule has 1 rings (SSSR count). The fourth-order valence-corrected chi connectivity index (χ4v) is 1.53. The van der Waals surface area contributed by atoms with Gasteiger partial charge < -0.3 is 10.5 Å². The molecule has 0 radical (unpaired) electrons. The number of carbonyl (C=O) groups excluding carboxylic acids is 1. The Morgan fingerprint density at radius 2 is 2.06 bits per heavy atom. The minimum Gasteiger partial charge on any atom is -0.444 e. The quantitative estimate of drug-likeness (QED) is 0.780. The Morgan fingerprint density at radius 3 is 2.59 bits per heavy atom. The summed E-state index contributed by atoms with van der Waals surface area (Å²) in [5.41, 5.74) is 5.04. The molecule has 1 aromatic carbocycles. The van der Waals surface area contributed by atoms with Gasteiger partial charge in [-0.2, -0.15) is 0 Å². The van der Waals surface area contributed by atoms with E-state index in [4.69, 9.17) is 10.5 Å². The first-order valence-corrected chi connectivity index (χ1v) is 5.73. The van der Waals surface area contributed by atoms with Crippen LogP contribution < -0.4 is 11.1 Å². The van der Waals surface area contributed by atoms with Crippen LogP contribution in [0.2, 0.25) is 0 Å². The van der Waals surface area contributed by atoms with E-state index in [2.05, 4.69) is 21.2 Å². The highest BCUT2D eigenvalue weighted by Gasteiger charge is 2.17. The number of rotatable bonds is 1. The molecule has 0 unspecified atom stereocenters. The number of nitrogens with one attached hydrogen (secondary N) is 1. The lowest BCUT2D eigenvalue weighted by molar-refractivity contribution is 0.0636. The Bertz CT molecular complexity index is 444. The Morgan fingerprint density at radius 1 is 1.47 bits per heavy atom. The molecule has 0 fully saturated rings. The molecule has 0 saturated carbocycles. The predicted octanol–water partition coefficient (Wildman–Crippen LogP) is 3.52. The summed E-state index contributed by atoms with van der Waals surface area (Å²) >= 11 is 3.17. The van der Waals surface area contributed by atoms with Gasteiger partial charge in [0.05, 0.1) is 11.4 Å². The molecule has 0 atom stereocenters. The van der Waals surface area contributed by atoms with Crippen LogP contribution >= 0.6 is 15.9 Å². The average Bonchev–Trinajstić information content (AvgIpc) is 2.11. The van der Waals surface area contributed by atoms with Crippen LogP contribution in [-0.4, -0.2) is 11.7 Å². The Balaban J connectivity index is 2.82. The van der Waals surface area contributed by atoms with E-state index in [0.717, 1.165) is 6.07 Å². The van der Waals surface area contributed by atoms with Gasteiger partial charge in [-0.25, -0.2) is 9.18 Å². The molecule has 0 aliphatic carbocycles. The van der Waals surface area contributed by atoms with Crippen molar-refractivity contribution in [3.63, 3.8) is 0 Å². The van der Waals surface area contributed by atoms with Crippen LogP contribution in [-0.2, 0) is 4.74 Å². The van der Waals surface area contributed by atoms with Crippen LogP contribution in [0, 0.1) is 5.82 Å². The molecular formula is C11H14BrFN2O2. The lowest BCUT2D eigenvalue weighted by Gasteiger charge is -2.20. The summed E-state index contributed by atoms with van der Waals surface area (Å²) in [5, 5.41) is 2.43. The number of nitrogens with two attached hydrogens (primary N) is 1. The fraction of sp³-hybridized carbons (Fsp3) is 0.364. The zero-order valence-corrected chi connectivity index (χ0v) is 11.4. The average molecular weight is 305 g/mol. The summed E-state index contributed by atoms with van der Waals surface area (Å²) < 4.78 is 18.7. The summed E-state index contributed by atoms with van der Waals surface area (Å²) in [5.74, 6) is -0.598. The van der Waals surface area contributed by atoms with Crippen LogP contribution in [0.1, 0.15) is 20.8 Å². The van der Waals surface area contributed by atoms with Gasteiger partial charge >= 0.3 is 6.09 Å². The Hall–Kier alpha value is -1.30. The zero-order chi connectivity index (χ0) is 13.2. The van der Waals surface area contributed by atoms with Crippen LogP contribution in [0.15, 0.2) is 16.6 Å². The normalized spacial score (nSPS) is 11.1. The number of hydrogen-bond donors (Lipinski definition) is 2. The third kappa shape index (κ3) is 4.22. The molecule has 0 saturated heterocycles. The number of amides is 1. The maximum absolute atomic E-state index is 13.2. The highest BCUT2D eigenvalue weighted by Crippen LogP contribution is 2.27. The number of benzene rings is 1. The van der Waals surface area contributed by atoms with Gasteiger partial charge in [-0.05, 0) is 42.8 Å². The maximum Gasteiger partial charge on any atom is 0.412 e. The maximum atomic E-state index is 13.2. The molecule has 0 bridgehead atoms. The van der Waals surface area contributed by atoms with Crippen molar-refractivity contribution >= 4 is 33.4 Å². The van der Waals surface area contributed by atoms with Gasteiger partial charge in [0.2, 0.25) is 0 Å². The fourth-order valence-electron chi connectivity index (χ4n) is 1.07. The van der Waals surface area contributed by atoms with Crippen molar-refractivity contribution in [2.45, 2.75) is 26.4 Å². The van der Waals surface area contributed by atoms with Crippen molar-refractivity contribution in [3.05, 3.63) is 22.4 Å². The predicted molar refractivity (Wildman–Crippen MR) is 68.4 cm³/mol. The highest BCUT2D eigenvalue weighted by molar-refractivity contribution is 9.10. The van der Waals surface area contributed by atoms with Gasteiger partial charge in [-0.3, -0.25) is 5.32 Å². The van der Waals surface area contributed by atoms with Gasteiger partial charge in [0.15, 0.2) is 0 Å². The topological polar surface area (TPSA) is 64.3 Å².